The summed E-state index contributed by atoms with van der Waals surface area (Å²) in [7, 11) is 3.79. The molecule has 0 atom stereocenters. The first kappa shape index (κ1) is 17.0. The average molecular weight is 368 g/mol. The van der Waals surface area contributed by atoms with Crippen LogP contribution < -0.4 is 5.32 Å². The second-order valence-electron chi connectivity index (χ2n) is 5.86. The van der Waals surface area contributed by atoms with Crippen LogP contribution in [0.5, 0.6) is 0 Å². The Balaban J connectivity index is 1.98. The van der Waals surface area contributed by atoms with E-state index in [1.165, 1.54) is 0 Å². The van der Waals surface area contributed by atoms with Crippen molar-refractivity contribution >= 4 is 33.4 Å². The Hall–Kier alpha value is -1.40. The smallest absolute Gasteiger partial charge is 0.313 e. The first-order valence-corrected chi connectivity index (χ1v) is 8.20. The Kier molecular flexibility index (Phi) is 5.58. The number of benzene rings is 1. The molecule has 0 spiro atoms. The number of nitrogens with one attached hydrogen (secondary N) is 1. The molecule has 1 aliphatic rings. The van der Waals surface area contributed by atoms with Crippen LogP contribution in [0.15, 0.2) is 22.7 Å². The van der Waals surface area contributed by atoms with E-state index in [9.17, 15) is 9.59 Å². The van der Waals surface area contributed by atoms with Crippen molar-refractivity contribution in [2.75, 3.05) is 32.5 Å². The minimum atomic E-state index is -0.577. The van der Waals surface area contributed by atoms with Crippen molar-refractivity contribution < 1.29 is 9.59 Å². The van der Waals surface area contributed by atoms with Crippen molar-refractivity contribution in [3.63, 3.8) is 0 Å². The lowest BCUT2D eigenvalue weighted by Crippen LogP contribution is -2.47. The zero-order valence-corrected chi connectivity index (χ0v) is 14.8. The Labute approximate surface area is 139 Å². The highest BCUT2D eigenvalue weighted by atomic mass is 79.9. The van der Waals surface area contributed by atoms with E-state index in [1.807, 2.05) is 19.1 Å². The van der Waals surface area contributed by atoms with Gasteiger partial charge >= 0.3 is 11.8 Å². The van der Waals surface area contributed by atoms with Crippen LogP contribution in [0, 0.1) is 6.92 Å². The van der Waals surface area contributed by atoms with Crippen LogP contribution in [0.25, 0.3) is 0 Å². The third kappa shape index (κ3) is 4.08. The van der Waals surface area contributed by atoms with Gasteiger partial charge in [0.2, 0.25) is 0 Å². The minimum absolute atomic E-state index is 0.139. The lowest BCUT2D eigenvalue weighted by Gasteiger charge is -2.34. The van der Waals surface area contributed by atoms with Gasteiger partial charge in [-0.25, -0.2) is 0 Å². The number of halogens is 1. The number of rotatable bonds is 2. The Morgan fingerprint density at radius 1 is 1.32 bits per heavy atom. The van der Waals surface area contributed by atoms with Crippen molar-refractivity contribution in [1.82, 2.24) is 9.80 Å². The van der Waals surface area contributed by atoms with E-state index < -0.39 is 11.8 Å². The van der Waals surface area contributed by atoms with Crippen LogP contribution in [-0.2, 0) is 9.59 Å². The Morgan fingerprint density at radius 2 is 1.95 bits per heavy atom. The van der Waals surface area contributed by atoms with Gasteiger partial charge in [0, 0.05) is 23.2 Å². The molecule has 1 aliphatic heterocycles. The molecular weight excluding hydrogens is 346 g/mol. The normalized spacial score (nSPS) is 16.4. The molecule has 2 amide bonds. The molecule has 1 aromatic carbocycles. The van der Waals surface area contributed by atoms with Gasteiger partial charge in [0.05, 0.1) is 0 Å². The second-order valence-corrected chi connectivity index (χ2v) is 6.78. The second kappa shape index (κ2) is 7.24. The number of likely N-dealkylation sites (tertiary alicyclic amines) is 1. The summed E-state index contributed by atoms with van der Waals surface area (Å²) >= 11 is 3.38. The van der Waals surface area contributed by atoms with E-state index in [2.05, 4.69) is 33.2 Å². The summed E-state index contributed by atoms with van der Waals surface area (Å²) in [5.74, 6) is -1.05. The SMILES string of the molecule is Cc1cc(Br)ccc1NC(=O)C(=O)N(C)C1CCN(C)CC1. The molecule has 1 fully saturated rings. The van der Waals surface area contributed by atoms with Gasteiger partial charge in [0.15, 0.2) is 0 Å². The number of amides is 2. The van der Waals surface area contributed by atoms with Crippen LogP contribution in [0.4, 0.5) is 5.69 Å². The van der Waals surface area contributed by atoms with E-state index in [0.29, 0.717) is 5.69 Å². The van der Waals surface area contributed by atoms with E-state index in [1.54, 1.807) is 18.0 Å². The zero-order valence-electron chi connectivity index (χ0n) is 13.2. The molecule has 0 aromatic heterocycles. The van der Waals surface area contributed by atoms with E-state index in [-0.39, 0.29) is 6.04 Å². The Morgan fingerprint density at radius 3 is 2.55 bits per heavy atom. The fraction of sp³-hybridized carbons (Fsp3) is 0.500. The third-order valence-electron chi connectivity index (χ3n) is 4.19. The Bertz CT molecular complexity index is 569. The molecular formula is C16H22BrN3O2. The summed E-state index contributed by atoms with van der Waals surface area (Å²) in [4.78, 5) is 28.3. The van der Waals surface area contributed by atoms with E-state index in [0.717, 1.165) is 36.0 Å². The van der Waals surface area contributed by atoms with Gasteiger partial charge in [-0.15, -0.1) is 0 Å². The van der Waals surface area contributed by atoms with Crippen molar-refractivity contribution in [2.45, 2.75) is 25.8 Å². The number of likely N-dealkylation sites (N-methyl/N-ethyl adjacent to an activating group) is 1. The first-order chi connectivity index (χ1) is 10.4. The number of aryl methyl sites for hydroxylation is 1. The molecule has 1 saturated heterocycles. The number of hydrogen-bond donors (Lipinski definition) is 1. The van der Waals surface area contributed by atoms with Gasteiger partial charge in [-0.05, 0) is 63.7 Å². The molecule has 0 bridgehead atoms. The molecule has 1 heterocycles. The molecule has 0 saturated carbocycles. The lowest BCUT2D eigenvalue weighted by atomic mass is 10.0. The van der Waals surface area contributed by atoms with Crippen molar-refractivity contribution in [3.8, 4) is 0 Å². The number of piperidine rings is 1. The maximum atomic E-state index is 12.3. The van der Waals surface area contributed by atoms with Crippen LogP contribution in [0.3, 0.4) is 0 Å². The van der Waals surface area contributed by atoms with E-state index >= 15 is 0 Å². The summed E-state index contributed by atoms with van der Waals surface area (Å²) < 4.78 is 0.942. The third-order valence-corrected chi connectivity index (χ3v) is 4.68. The topological polar surface area (TPSA) is 52.7 Å². The fourth-order valence-electron chi connectivity index (χ4n) is 2.65. The van der Waals surface area contributed by atoms with Gasteiger partial charge in [-0.3, -0.25) is 9.59 Å². The first-order valence-electron chi connectivity index (χ1n) is 7.41. The number of carbonyl (C=O) groups excluding carboxylic acids is 2. The molecule has 0 radical (unpaired) electrons. The molecule has 1 aromatic rings. The quantitative estimate of drug-likeness (QED) is 0.815. The number of carbonyl (C=O) groups is 2. The summed E-state index contributed by atoms with van der Waals surface area (Å²) in [5.41, 5.74) is 1.58. The van der Waals surface area contributed by atoms with Crippen molar-refractivity contribution in [3.05, 3.63) is 28.2 Å². The molecule has 5 nitrogen and oxygen atoms in total. The number of hydrogen-bond acceptors (Lipinski definition) is 3. The maximum absolute atomic E-state index is 12.3. The maximum Gasteiger partial charge on any atom is 0.313 e. The molecule has 120 valence electrons. The predicted octanol–water partition coefficient (Wildman–Crippen LogP) is 2.25. The van der Waals surface area contributed by atoms with Crippen LogP contribution in [0.1, 0.15) is 18.4 Å². The number of anilines is 1. The van der Waals surface area contributed by atoms with Crippen LogP contribution in [-0.4, -0.2) is 54.8 Å². The van der Waals surface area contributed by atoms with Crippen LogP contribution in [0.2, 0.25) is 0 Å². The molecule has 2 rings (SSSR count). The van der Waals surface area contributed by atoms with Gasteiger partial charge in [-0.1, -0.05) is 15.9 Å². The molecule has 22 heavy (non-hydrogen) atoms. The molecule has 0 unspecified atom stereocenters. The summed E-state index contributed by atoms with van der Waals surface area (Å²) in [6, 6.07) is 5.68. The summed E-state index contributed by atoms with van der Waals surface area (Å²) in [6.07, 6.45) is 1.81. The molecule has 6 heteroatoms. The van der Waals surface area contributed by atoms with Gasteiger partial charge in [-0.2, -0.15) is 0 Å². The van der Waals surface area contributed by atoms with Gasteiger partial charge in [0.25, 0.3) is 0 Å². The highest BCUT2D eigenvalue weighted by Gasteiger charge is 2.28. The molecule has 0 aliphatic carbocycles. The predicted molar refractivity (Wildman–Crippen MR) is 90.8 cm³/mol. The largest absolute Gasteiger partial charge is 0.334 e. The zero-order chi connectivity index (χ0) is 16.3. The minimum Gasteiger partial charge on any atom is -0.334 e. The van der Waals surface area contributed by atoms with Gasteiger partial charge in [0.1, 0.15) is 0 Å². The molecule has 1 N–H and O–H groups in total. The van der Waals surface area contributed by atoms with Crippen LogP contribution >= 0.6 is 15.9 Å². The monoisotopic (exact) mass is 367 g/mol. The fourth-order valence-corrected chi connectivity index (χ4v) is 3.13. The summed E-state index contributed by atoms with van der Waals surface area (Å²) in [6.45, 7) is 3.80. The highest BCUT2D eigenvalue weighted by molar-refractivity contribution is 9.10. The number of nitrogens with zero attached hydrogens (tertiary/aromatic N) is 2. The van der Waals surface area contributed by atoms with Crippen molar-refractivity contribution in [1.29, 1.82) is 0 Å². The highest BCUT2D eigenvalue weighted by Crippen LogP contribution is 2.20. The summed E-state index contributed by atoms with van der Waals surface area (Å²) in [5, 5.41) is 2.70. The average Bonchev–Trinajstić information content (AvgIpc) is 2.49. The van der Waals surface area contributed by atoms with E-state index in [4.69, 9.17) is 0 Å². The lowest BCUT2D eigenvalue weighted by molar-refractivity contribution is -0.144. The van der Waals surface area contributed by atoms with Gasteiger partial charge < -0.3 is 15.1 Å². The standard InChI is InChI=1S/C16H22BrN3O2/c1-11-10-12(17)4-5-14(11)18-15(21)16(22)20(3)13-6-8-19(2)9-7-13/h4-5,10,13H,6-9H2,1-3H3,(H,18,21). The van der Waals surface area contributed by atoms with Crippen molar-refractivity contribution in [2.24, 2.45) is 0 Å².